The number of fused-ring (bicyclic) bond motifs is 1. The molecule has 0 saturated heterocycles. The van der Waals surface area contributed by atoms with Gasteiger partial charge in [0.05, 0.1) is 12.9 Å². The maximum Gasteiger partial charge on any atom is 0.274 e. The summed E-state index contributed by atoms with van der Waals surface area (Å²) in [5.74, 6) is -0.937. The standard InChI is InChI=1S/C27H28ClN5O3/c1-27(26(36)29-14-19-10-6-7-11-21(19)28)16-32-17-30-22(23(32)25(35)33(27)20-12-13-20)24(34)31(2)15-18-8-4-3-5-9-18/h3-11,17,20H,12-16H2,1-2H3,(H,29,36)/t27-/m1/s1. The molecule has 0 radical (unpaired) electrons. The lowest BCUT2D eigenvalue weighted by molar-refractivity contribution is -0.133. The van der Waals surface area contributed by atoms with Crippen LogP contribution in [0.15, 0.2) is 60.9 Å². The molecule has 2 heterocycles. The Hall–Kier alpha value is -3.65. The molecular weight excluding hydrogens is 478 g/mol. The van der Waals surface area contributed by atoms with E-state index in [0.717, 1.165) is 24.0 Å². The topological polar surface area (TPSA) is 87.5 Å². The van der Waals surface area contributed by atoms with E-state index >= 15 is 0 Å². The second kappa shape index (κ2) is 9.43. The van der Waals surface area contributed by atoms with Crippen molar-refractivity contribution in [1.82, 2.24) is 24.7 Å². The van der Waals surface area contributed by atoms with Gasteiger partial charge in [0.25, 0.3) is 11.8 Å². The summed E-state index contributed by atoms with van der Waals surface area (Å²) in [5, 5.41) is 3.53. The minimum Gasteiger partial charge on any atom is -0.350 e. The molecule has 3 aromatic rings. The molecule has 2 aromatic carbocycles. The normalized spacial score (nSPS) is 19.1. The number of hydrogen-bond donors (Lipinski definition) is 1. The van der Waals surface area contributed by atoms with Crippen LogP contribution in [0.4, 0.5) is 0 Å². The minimum absolute atomic E-state index is 0.0396. The average molecular weight is 506 g/mol. The number of imidazole rings is 1. The lowest BCUT2D eigenvalue weighted by Gasteiger charge is -2.44. The molecule has 1 aromatic heterocycles. The summed E-state index contributed by atoms with van der Waals surface area (Å²) in [4.78, 5) is 48.1. The fourth-order valence-electron chi connectivity index (χ4n) is 4.83. The summed E-state index contributed by atoms with van der Waals surface area (Å²) in [7, 11) is 1.69. The maximum atomic E-state index is 13.8. The minimum atomic E-state index is -1.12. The van der Waals surface area contributed by atoms with E-state index in [-0.39, 0.29) is 48.2 Å². The fraction of sp³-hybridized carbons (Fsp3) is 0.333. The van der Waals surface area contributed by atoms with Crippen molar-refractivity contribution in [2.24, 2.45) is 0 Å². The Morgan fingerprint density at radius 1 is 1.14 bits per heavy atom. The zero-order valence-corrected chi connectivity index (χ0v) is 21.0. The van der Waals surface area contributed by atoms with Crippen molar-refractivity contribution in [3.8, 4) is 0 Å². The van der Waals surface area contributed by atoms with Gasteiger partial charge in [-0.05, 0) is 37.0 Å². The van der Waals surface area contributed by atoms with Crippen LogP contribution in [-0.2, 0) is 24.4 Å². The number of rotatable bonds is 7. The molecule has 1 atom stereocenters. The van der Waals surface area contributed by atoms with Gasteiger partial charge in [0.15, 0.2) is 5.69 Å². The molecule has 0 bridgehead atoms. The quantitative estimate of drug-likeness (QED) is 0.532. The van der Waals surface area contributed by atoms with E-state index in [9.17, 15) is 14.4 Å². The summed E-state index contributed by atoms with van der Waals surface area (Å²) in [6.07, 6.45) is 3.13. The van der Waals surface area contributed by atoms with Crippen molar-refractivity contribution in [1.29, 1.82) is 0 Å². The molecule has 8 nitrogen and oxygen atoms in total. The van der Waals surface area contributed by atoms with E-state index in [0.29, 0.717) is 11.6 Å². The highest BCUT2D eigenvalue weighted by Crippen LogP contribution is 2.39. The first-order valence-corrected chi connectivity index (χ1v) is 12.4. The van der Waals surface area contributed by atoms with Gasteiger partial charge in [-0.1, -0.05) is 60.1 Å². The number of halogens is 1. The number of nitrogens with one attached hydrogen (secondary N) is 1. The second-order valence-corrected chi connectivity index (χ2v) is 10.1. The molecule has 9 heteroatoms. The molecule has 0 unspecified atom stereocenters. The molecule has 1 saturated carbocycles. The zero-order chi connectivity index (χ0) is 25.4. The second-order valence-electron chi connectivity index (χ2n) is 9.67. The SMILES string of the molecule is CN(Cc1ccccc1)C(=O)c1ncn2c1C(=O)N(C1CC1)[C@@](C)(C(=O)NCc1ccccc1Cl)C2. The summed E-state index contributed by atoms with van der Waals surface area (Å²) in [6, 6.07) is 16.9. The van der Waals surface area contributed by atoms with Crippen LogP contribution < -0.4 is 5.32 Å². The predicted molar refractivity (Wildman–Crippen MR) is 135 cm³/mol. The van der Waals surface area contributed by atoms with E-state index in [1.54, 1.807) is 34.4 Å². The van der Waals surface area contributed by atoms with E-state index in [1.165, 1.54) is 6.33 Å². The third kappa shape index (κ3) is 4.37. The van der Waals surface area contributed by atoms with Gasteiger partial charge in [-0.3, -0.25) is 14.4 Å². The Morgan fingerprint density at radius 2 is 1.83 bits per heavy atom. The molecular formula is C27H28ClN5O3. The summed E-state index contributed by atoms with van der Waals surface area (Å²) in [6.45, 7) is 2.64. The van der Waals surface area contributed by atoms with Crippen LogP contribution in [0.2, 0.25) is 5.02 Å². The van der Waals surface area contributed by atoms with Crippen molar-refractivity contribution < 1.29 is 14.4 Å². The van der Waals surface area contributed by atoms with E-state index in [2.05, 4.69) is 10.3 Å². The lowest BCUT2D eigenvalue weighted by atomic mass is 9.93. The highest BCUT2D eigenvalue weighted by atomic mass is 35.5. The summed E-state index contributed by atoms with van der Waals surface area (Å²) >= 11 is 6.25. The summed E-state index contributed by atoms with van der Waals surface area (Å²) in [5.41, 5.74) is 1.01. The third-order valence-corrected chi connectivity index (χ3v) is 7.25. The largest absolute Gasteiger partial charge is 0.350 e. The van der Waals surface area contributed by atoms with Crippen LogP contribution in [-0.4, -0.2) is 55.7 Å². The molecule has 1 fully saturated rings. The molecule has 1 aliphatic heterocycles. The number of nitrogens with zero attached hydrogens (tertiary/aromatic N) is 4. The fourth-order valence-corrected chi connectivity index (χ4v) is 5.03. The first-order valence-electron chi connectivity index (χ1n) is 12.0. The molecule has 186 valence electrons. The van der Waals surface area contributed by atoms with Crippen LogP contribution in [0.25, 0.3) is 0 Å². The molecule has 0 spiro atoms. The lowest BCUT2D eigenvalue weighted by Crippen LogP contribution is -2.64. The van der Waals surface area contributed by atoms with E-state index in [1.807, 2.05) is 48.5 Å². The number of carbonyl (C=O) groups is 3. The molecule has 3 amide bonds. The molecule has 36 heavy (non-hydrogen) atoms. The molecule has 1 N–H and O–H groups in total. The van der Waals surface area contributed by atoms with Crippen LogP contribution in [0.1, 0.15) is 51.9 Å². The van der Waals surface area contributed by atoms with Gasteiger partial charge >= 0.3 is 0 Å². The summed E-state index contributed by atoms with van der Waals surface area (Å²) < 4.78 is 1.64. The Labute approximate surface area is 214 Å². The van der Waals surface area contributed by atoms with Crippen LogP contribution in [0, 0.1) is 0 Å². The van der Waals surface area contributed by atoms with Gasteiger partial charge in [0, 0.05) is 31.2 Å². The Balaban J connectivity index is 1.40. The Kier molecular flexibility index (Phi) is 6.30. The van der Waals surface area contributed by atoms with E-state index < -0.39 is 5.54 Å². The molecule has 5 rings (SSSR count). The van der Waals surface area contributed by atoms with Gasteiger partial charge in [0.2, 0.25) is 5.91 Å². The highest BCUT2D eigenvalue weighted by Gasteiger charge is 2.53. The van der Waals surface area contributed by atoms with Crippen molar-refractivity contribution >= 4 is 29.3 Å². The monoisotopic (exact) mass is 505 g/mol. The number of hydrogen-bond acceptors (Lipinski definition) is 4. The van der Waals surface area contributed by atoms with Crippen LogP contribution >= 0.6 is 11.6 Å². The molecule has 1 aliphatic carbocycles. The van der Waals surface area contributed by atoms with Gasteiger partial charge in [-0.15, -0.1) is 0 Å². The number of amides is 3. The molecule has 2 aliphatic rings. The third-order valence-electron chi connectivity index (χ3n) is 6.88. The van der Waals surface area contributed by atoms with Crippen molar-refractivity contribution in [3.05, 3.63) is 88.5 Å². The van der Waals surface area contributed by atoms with Crippen LogP contribution in [0.3, 0.4) is 0 Å². The smallest absolute Gasteiger partial charge is 0.274 e. The van der Waals surface area contributed by atoms with Gasteiger partial charge in [-0.2, -0.15) is 0 Å². The van der Waals surface area contributed by atoms with Crippen molar-refractivity contribution in [2.75, 3.05) is 7.05 Å². The zero-order valence-electron chi connectivity index (χ0n) is 20.3. The average Bonchev–Trinajstić information content (AvgIpc) is 3.61. The van der Waals surface area contributed by atoms with Crippen molar-refractivity contribution in [3.63, 3.8) is 0 Å². The van der Waals surface area contributed by atoms with Gasteiger partial charge < -0.3 is 19.7 Å². The first-order chi connectivity index (χ1) is 17.3. The predicted octanol–water partition coefficient (Wildman–Crippen LogP) is 3.50. The maximum absolute atomic E-state index is 13.8. The van der Waals surface area contributed by atoms with Gasteiger partial charge in [0.1, 0.15) is 11.2 Å². The Bertz CT molecular complexity index is 1320. The first kappa shape index (κ1) is 24.1. The van der Waals surface area contributed by atoms with E-state index in [4.69, 9.17) is 11.6 Å². The highest BCUT2D eigenvalue weighted by molar-refractivity contribution is 6.31. The number of aromatic nitrogens is 2. The Morgan fingerprint density at radius 3 is 2.53 bits per heavy atom. The van der Waals surface area contributed by atoms with Crippen molar-refractivity contribution in [2.45, 2.75) is 51.0 Å². The van der Waals surface area contributed by atoms with Crippen LogP contribution in [0.5, 0.6) is 0 Å². The van der Waals surface area contributed by atoms with Gasteiger partial charge in [-0.25, -0.2) is 4.98 Å². The number of benzene rings is 2. The number of carbonyl (C=O) groups excluding carboxylic acids is 3.